The lowest BCUT2D eigenvalue weighted by atomic mass is 10.3. The molecule has 1 aromatic rings. The number of sulfonamides is 1. The molecule has 1 aliphatic heterocycles. The minimum atomic E-state index is -3.46. The van der Waals surface area contributed by atoms with E-state index >= 15 is 0 Å². The van der Waals surface area contributed by atoms with Crippen molar-refractivity contribution >= 4 is 10.0 Å². The maximum absolute atomic E-state index is 12.2. The zero-order valence-corrected chi connectivity index (χ0v) is 13.8. The summed E-state index contributed by atoms with van der Waals surface area (Å²) in [6, 6.07) is 6.52. The number of nitrogens with one attached hydrogen (secondary N) is 1. The number of hydrogen-bond acceptors (Lipinski definition) is 5. The number of morpholine rings is 1. The van der Waals surface area contributed by atoms with E-state index in [0.717, 1.165) is 19.5 Å². The van der Waals surface area contributed by atoms with Gasteiger partial charge >= 0.3 is 0 Å². The van der Waals surface area contributed by atoms with Crippen molar-refractivity contribution in [1.29, 1.82) is 0 Å². The Labute approximate surface area is 132 Å². The van der Waals surface area contributed by atoms with Crippen molar-refractivity contribution < 1.29 is 17.9 Å². The van der Waals surface area contributed by atoms with E-state index in [0.29, 0.717) is 38.7 Å². The van der Waals surface area contributed by atoms with Gasteiger partial charge in [0.25, 0.3) is 0 Å². The lowest BCUT2D eigenvalue weighted by Crippen LogP contribution is -2.41. The maximum atomic E-state index is 12.2. The molecule has 6 nitrogen and oxygen atoms in total. The van der Waals surface area contributed by atoms with Crippen molar-refractivity contribution in [2.45, 2.75) is 18.2 Å². The molecule has 1 saturated heterocycles. The Hall–Kier alpha value is -1.15. The van der Waals surface area contributed by atoms with Crippen LogP contribution in [-0.4, -0.2) is 59.3 Å². The number of benzene rings is 1. The molecular weight excluding hydrogens is 304 g/mol. The number of hydrogen-bond donors (Lipinski definition) is 1. The first kappa shape index (κ1) is 17.2. The second-order valence-corrected chi connectivity index (χ2v) is 6.94. The van der Waals surface area contributed by atoms with Crippen LogP contribution in [0.1, 0.15) is 13.3 Å². The molecule has 0 spiro atoms. The Morgan fingerprint density at radius 3 is 2.55 bits per heavy atom. The molecule has 124 valence electrons. The second-order valence-electron chi connectivity index (χ2n) is 5.17. The molecule has 0 atom stereocenters. The predicted molar refractivity (Wildman–Crippen MR) is 84.7 cm³/mol. The van der Waals surface area contributed by atoms with Gasteiger partial charge in [0.2, 0.25) is 10.0 Å². The normalized spacial score (nSPS) is 16.6. The first-order valence-electron chi connectivity index (χ1n) is 7.64. The molecule has 1 fully saturated rings. The third-order valence-corrected chi connectivity index (χ3v) is 4.91. The first-order valence-corrected chi connectivity index (χ1v) is 9.13. The monoisotopic (exact) mass is 328 g/mol. The van der Waals surface area contributed by atoms with Crippen LogP contribution >= 0.6 is 0 Å². The predicted octanol–water partition coefficient (Wildman–Crippen LogP) is 1.09. The molecule has 0 bridgehead atoms. The fourth-order valence-corrected chi connectivity index (χ4v) is 3.20. The lowest BCUT2D eigenvalue weighted by Gasteiger charge is -2.26. The smallest absolute Gasteiger partial charge is 0.240 e. The number of rotatable bonds is 8. The molecule has 1 aromatic carbocycles. The summed E-state index contributed by atoms with van der Waals surface area (Å²) in [7, 11) is -3.46. The van der Waals surface area contributed by atoms with Gasteiger partial charge < -0.3 is 9.47 Å². The topological polar surface area (TPSA) is 67.9 Å². The Kier molecular flexibility index (Phi) is 6.63. The summed E-state index contributed by atoms with van der Waals surface area (Å²) in [4.78, 5) is 2.45. The fourth-order valence-electron chi connectivity index (χ4n) is 2.18. The van der Waals surface area contributed by atoms with Crippen LogP contribution in [0.25, 0.3) is 0 Å². The number of nitrogens with zero attached hydrogens (tertiary/aromatic N) is 1. The van der Waals surface area contributed by atoms with Gasteiger partial charge in [-0.3, -0.25) is 4.90 Å². The van der Waals surface area contributed by atoms with E-state index in [1.807, 2.05) is 6.92 Å². The van der Waals surface area contributed by atoms with E-state index in [9.17, 15) is 8.42 Å². The highest BCUT2D eigenvalue weighted by Gasteiger charge is 2.15. The molecule has 0 saturated carbocycles. The Bertz CT molecular complexity index is 539. The minimum Gasteiger partial charge on any atom is -0.494 e. The summed E-state index contributed by atoms with van der Waals surface area (Å²) in [5.74, 6) is 0.689. The fraction of sp³-hybridized carbons (Fsp3) is 0.600. The third-order valence-electron chi connectivity index (χ3n) is 3.43. The molecule has 1 heterocycles. The lowest BCUT2D eigenvalue weighted by molar-refractivity contribution is 0.0390. The average molecular weight is 328 g/mol. The molecule has 0 radical (unpaired) electrons. The zero-order valence-electron chi connectivity index (χ0n) is 13.0. The van der Waals surface area contributed by atoms with Crippen LogP contribution < -0.4 is 9.46 Å². The van der Waals surface area contributed by atoms with Crippen molar-refractivity contribution in [3.05, 3.63) is 24.3 Å². The van der Waals surface area contributed by atoms with E-state index < -0.39 is 10.0 Å². The number of ether oxygens (including phenoxy) is 2. The van der Waals surface area contributed by atoms with Crippen LogP contribution in [0.3, 0.4) is 0 Å². The first-order chi connectivity index (χ1) is 10.6. The van der Waals surface area contributed by atoms with Gasteiger partial charge in [0, 0.05) is 26.2 Å². The standard InChI is InChI=1S/C15H24N2O4S/c1-2-11-21-14-3-5-15(6-4-14)22(18,19)16-7-8-17-9-12-20-13-10-17/h3-6,16H,2,7-13H2,1H3. The van der Waals surface area contributed by atoms with Gasteiger partial charge in [-0.15, -0.1) is 0 Å². The van der Waals surface area contributed by atoms with Gasteiger partial charge in [-0.25, -0.2) is 13.1 Å². The highest BCUT2D eigenvalue weighted by Crippen LogP contribution is 2.16. The van der Waals surface area contributed by atoms with E-state index in [1.165, 1.54) is 0 Å². The molecule has 0 amide bonds. The Balaban J connectivity index is 1.83. The second kappa shape index (κ2) is 8.47. The van der Waals surface area contributed by atoms with E-state index in [2.05, 4.69) is 9.62 Å². The quantitative estimate of drug-likeness (QED) is 0.773. The van der Waals surface area contributed by atoms with Crippen molar-refractivity contribution in [3.63, 3.8) is 0 Å². The summed E-state index contributed by atoms with van der Waals surface area (Å²) in [5.41, 5.74) is 0. The van der Waals surface area contributed by atoms with Crippen LogP contribution in [0.4, 0.5) is 0 Å². The van der Waals surface area contributed by atoms with Crippen molar-refractivity contribution in [2.75, 3.05) is 46.0 Å². The summed E-state index contributed by atoms with van der Waals surface area (Å²) in [6.07, 6.45) is 0.920. The van der Waals surface area contributed by atoms with Gasteiger partial charge in [0.05, 0.1) is 24.7 Å². The minimum absolute atomic E-state index is 0.262. The highest BCUT2D eigenvalue weighted by atomic mass is 32.2. The zero-order chi connectivity index (χ0) is 15.8. The van der Waals surface area contributed by atoms with Gasteiger partial charge in [0.1, 0.15) is 5.75 Å². The Morgan fingerprint density at radius 1 is 1.23 bits per heavy atom. The summed E-state index contributed by atoms with van der Waals surface area (Å²) < 4.78 is 37.8. The largest absolute Gasteiger partial charge is 0.494 e. The van der Waals surface area contributed by atoms with Gasteiger partial charge in [0.15, 0.2) is 0 Å². The maximum Gasteiger partial charge on any atom is 0.240 e. The average Bonchev–Trinajstić information content (AvgIpc) is 2.54. The van der Waals surface area contributed by atoms with Crippen molar-refractivity contribution in [1.82, 2.24) is 9.62 Å². The van der Waals surface area contributed by atoms with E-state index in [4.69, 9.17) is 9.47 Å². The van der Waals surface area contributed by atoms with Crippen LogP contribution in [0.5, 0.6) is 5.75 Å². The van der Waals surface area contributed by atoms with Crippen LogP contribution in [0.15, 0.2) is 29.2 Å². The SMILES string of the molecule is CCCOc1ccc(S(=O)(=O)NCCN2CCOCC2)cc1. The molecule has 1 aliphatic rings. The van der Waals surface area contributed by atoms with Gasteiger partial charge in [-0.05, 0) is 30.7 Å². The summed E-state index contributed by atoms with van der Waals surface area (Å²) in [5, 5.41) is 0. The van der Waals surface area contributed by atoms with Gasteiger partial charge in [-0.2, -0.15) is 0 Å². The molecule has 0 unspecified atom stereocenters. The molecule has 0 aliphatic carbocycles. The molecule has 22 heavy (non-hydrogen) atoms. The van der Waals surface area contributed by atoms with Crippen LogP contribution in [0, 0.1) is 0 Å². The third kappa shape index (κ3) is 5.24. The van der Waals surface area contributed by atoms with E-state index in [-0.39, 0.29) is 4.90 Å². The molecular formula is C15H24N2O4S. The van der Waals surface area contributed by atoms with Crippen LogP contribution in [-0.2, 0) is 14.8 Å². The van der Waals surface area contributed by atoms with Crippen molar-refractivity contribution in [2.24, 2.45) is 0 Å². The van der Waals surface area contributed by atoms with E-state index in [1.54, 1.807) is 24.3 Å². The highest BCUT2D eigenvalue weighted by molar-refractivity contribution is 7.89. The Morgan fingerprint density at radius 2 is 1.91 bits per heavy atom. The molecule has 7 heteroatoms. The van der Waals surface area contributed by atoms with Crippen LogP contribution in [0.2, 0.25) is 0 Å². The van der Waals surface area contributed by atoms with Crippen molar-refractivity contribution in [3.8, 4) is 5.75 Å². The molecule has 2 rings (SSSR count). The molecule has 0 aromatic heterocycles. The molecule has 1 N–H and O–H groups in total. The van der Waals surface area contributed by atoms with Gasteiger partial charge in [-0.1, -0.05) is 6.92 Å². The summed E-state index contributed by atoms with van der Waals surface area (Å²) in [6.45, 7) is 6.88. The summed E-state index contributed by atoms with van der Waals surface area (Å²) >= 11 is 0.